The second kappa shape index (κ2) is 39.6. The van der Waals surface area contributed by atoms with Gasteiger partial charge in [0.05, 0.1) is 0 Å². The van der Waals surface area contributed by atoms with Crippen molar-refractivity contribution in [2.24, 2.45) is 0 Å². The minimum atomic E-state index is 0. The van der Waals surface area contributed by atoms with Crippen LogP contribution in [0.3, 0.4) is 0 Å². The van der Waals surface area contributed by atoms with Gasteiger partial charge in [0, 0.05) is 0 Å². The summed E-state index contributed by atoms with van der Waals surface area (Å²) < 4.78 is 2.98. The molecule has 16 rings (SSSR count). The molecule has 0 N–H and O–H groups in total. The van der Waals surface area contributed by atoms with Crippen LogP contribution in [-0.2, 0) is 83.0 Å². The molecule has 0 aliphatic heterocycles. The quantitative estimate of drug-likeness (QED) is 0.133. The first-order chi connectivity index (χ1) is 49.9. The van der Waals surface area contributed by atoms with Crippen LogP contribution in [0.1, 0.15) is 337 Å². The van der Waals surface area contributed by atoms with Crippen LogP contribution in [-0.4, -0.2) is 6.41 Å². The topological polar surface area (TPSA) is 0 Å². The van der Waals surface area contributed by atoms with Gasteiger partial charge in [-0.2, -0.15) is 59.7 Å². The van der Waals surface area contributed by atoms with E-state index in [9.17, 15) is 0 Å². The third-order valence-electron chi connectivity index (χ3n) is 23.2. The third kappa shape index (κ3) is 23.4. The number of halogens is 2. The van der Waals surface area contributed by atoms with E-state index in [1.165, 1.54) is 272 Å². The fraction of sp³-hybridized carbons (Fsp3) is 0.431. The Kier molecular flexibility index (Phi) is 31.7. The average molecular weight is 1600 g/mol. The summed E-state index contributed by atoms with van der Waals surface area (Å²) in [7, 11) is 0. The first-order valence-electron chi connectivity index (χ1n) is 40.4. The number of fused-ring (bicyclic) bond motifs is 6. The normalized spacial score (nSPS) is 16.8. The maximum atomic E-state index is 3.67. The van der Waals surface area contributed by atoms with Gasteiger partial charge in [-0.15, -0.1) is 35.1 Å². The van der Waals surface area contributed by atoms with Crippen molar-refractivity contribution in [2.45, 2.75) is 283 Å². The molecule has 0 unspecified atom stereocenters. The monoisotopic (exact) mass is 1590 g/mol. The number of hydrogen-bond donors (Lipinski definition) is 0. The summed E-state index contributed by atoms with van der Waals surface area (Å²) >= 11 is 3.02. The van der Waals surface area contributed by atoms with Crippen LogP contribution in [0.4, 0.5) is 0 Å². The first kappa shape index (κ1) is 84.8. The Morgan fingerprint density at radius 1 is 0.311 bits per heavy atom. The molecule has 8 aromatic carbocycles. The Bertz CT molecular complexity index is 3700. The van der Waals surface area contributed by atoms with E-state index in [2.05, 4.69) is 277 Å². The van der Waals surface area contributed by atoms with Gasteiger partial charge in [0.1, 0.15) is 0 Å². The standard InChI is InChI=1S/2C25H30.2C21H25.2C5H5.2ClH.2Zr/c2*1-3-7-22(8-4-1)24-15-11-20(12-16-24)19-21-13-17-25(18-14-21)23-9-5-2-6-10-23;2*1-20(2,3)16-7-9-18-14(12-16)11-15-13-17(21(4,5)6)8-10-19(15)18;2*1-2-4-5-3-1;;;;/h2*11-18,22-23H,1-10H2;2*7-10,12H,11H2,1-6H3;2*1-3H,4H2;2*1H;;/q;;4*-1;;;2*+2/p-2. The zero-order chi connectivity index (χ0) is 73.4. The van der Waals surface area contributed by atoms with E-state index in [0.29, 0.717) is 0 Å². The molecule has 0 radical (unpaired) electrons. The Morgan fingerprint density at radius 2 is 0.575 bits per heavy atom. The van der Waals surface area contributed by atoms with E-state index in [1.54, 1.807) is 22.3 Å². The van der Waals surface area contributed by atoms with Gasteiger partial charge in [-0.3, -0.25) is 12.2 Å². The van der Waals surface area contributed by atoms with Crippen LogP contribution in [0.2, 0.25) is 0 Å². The van der Waals surface area contributed by atoms with Crippen molar-refractivity contribution in [2.75, 3.05) is 0 Å². The molecule has 0 spiro atoms. The van der Waals surface area contributed by atoms with Gasteiger partial charge in [-0.1, -0.05) is 131 Å². The fourth-order valence-corrected chi connectivity index (χ4v) is 18.1. The van der Waals surface area contributed by atoms with Crippen molar-refractivity contribution < 1.29 is 73.3 Å². The molecule has 8 aliphatic rings. The van der Waals surface area contributed by atoms with Gasteiger partial charge in [-0.05, 0) is 56.8 Å². The summed E-state index contributed by atoms with van der Waals surface area (Å²) in [5.41, 5.74) is 29.3. The molecule has 0 amide bonds. The third-order valence-corrected chi connectivity index (χ3v) is 26.0. The van der Waals surface area contributed by atoms with Crippen LogP contribution >= 0.6 is 0 Å². The predicted octanol–water partition coefficient (Wildman–Crippen LogP) is 21.7. The summed E-state index contributed by atoms with van der Waals surface area (Å²) in [6.45, 7) is 27.2. The summed E-state index contributed by atoms with van der Waals surface area (Å²) in [6, 6.07) is 68.4. The van der Waals surface area contributed by atoms with E-state index in [4.69, 9.17) is 0 Å². The molecule has 552 valence electrons. The summed E-state index contributed by atoms with van der Waals surface area (Å²) in [5.74, 6) is 3.23. The van der Waals surface area contributed by atoms with Gasteiger partial charge in [0.2, 0.25) is 0 Å². The Hall–Kier alpha value is -5.19. The second-order valence-corrected chi connectivity index (χ2v) is 37.7. The van der Waals surface area contributed by atoms with Crippen LogP contribution in [0.25, 0.3) is 22.3 Å². The van der Waals surface area contributed by atoms with E-state index in [-0.39, 0.29) is 46.5 Å². The molecule has 8 aliphatic carbocycles. The molecule has 0 saturated heterocycles. The molecule has 4 saturated carbocycles. The van der Waals surface area contributed by atoms with Crippen LogP contribution in [0, 0.1) is 24.3 Å². The van der Waals surface area contributed by atoms with E-state index >= 15 is 0 Å². The molecule has 0 nitrogen and oxygen atoms in total. The molecule has 106 heavy (non-hydrogen) atoms. The zero-order valence-electron chi connectivity index (χ0n) is 66.5. The number of rotatable bonds is 8. The van der Waals surface area contributed by atoms with Crippen molar-refractivity contribution >= 4 is 6.41 Å². The summed E-state index contributed by atoms with van der Waals surface area (Å²) in [5, 5.41) is 0. The van der Waals surface area contributed by atoms with Crippen molar-refractivity contribution in [1.29, 1.82) is 0 Å². The molecule has 0 bridgehead atoms. The van der Waals surface area contributed by atoms with Gasteiger partial charge < -0.3 is 24.8 Å². The van der Waals surface area contributed by atoms with Crippen LogP contribution < -0.4 is 24.8 Å². The molecule has 0 heterocycles. The van der Waals surface area contributed by atoms with E-state index in [1.807, 2.05) is 24.3 Å². The number of allylic oxidation sites excluding steroid dienone is 8. The molecule has 8 aromatic rings. The van der Waals surface area contributed by atoms with Crippen molar-refractivity contribution in [3.05, 3.63) is 307 Å². The van der Waals surface area contributed by atoms with Gasteiger partial charge in [0.15, 0.2) is 0 Å². The minimum absolute atomic E-state index is 0. The van der Waals surface area contributed by atoms with E-state index in [0.717, 1.165) is 49.4 Å². The van der Waals surface area contributed by atoms with Crippen LogP contribution in [0.15, 0.2) is 194 Å². The molecular formula is C102H120Cl2Zr2-2. The summed E-state index contributed by atoms with van der Waals surface area (Å²) in [6.07, 6.45) is 50.2. The molecule has 0 aromatic heterocycles. The average Bonchev–Trinajstić information content (AvgIpc) is 1.61. The maximum absolute atomic E-state index is 3.67. The zero-order valence-corrected chi connectivity index (χ0v) is 72.9. The SMILES string of the molecule is CC(C)(C)c1[c-]c2c(cc1)-c1ccc(C(C)(C)C)cc1C2.CC(C)(C)c1[c-]c2c(cc1)-c1ccc(C(C)(C)C)cc1C2.[C-]1=CC=CC1.[C-]1=CC=CC1.[Cl-].[Cl-].[Zr+2]=[C](c1ccc(C2CCCCC2)cc1)c1ccc(C2CCCCC2)cc1.[Zr+2]=[C](c1ccc(C2CCCCC2)cc1)c1ccc(C2CCCCC2)cc1. The number of hydrogen-bond acceptors (Lipinski definition) is 0. The molecule has 0 atom stereocenters. The second-order valence-electron chi connectivity index (χ2n) is 35.2. The van der Waals surface area contributed by atoms with Gasteiger partial charge in [0.25, 0.3) is 0 Å². The van der Waals surface area contributed by atoms with E-state index < -0.39 is 0 Å². The first-order valence-corrected chi connectivity index (χ1v) is 42.8. The van der Waals surface area contributed by atoms with Gasteiger partial charge in [-0.25, -0.2) is 24.3 Å². The molecule has 4 heteroatoms. The predicted molar refractivity (Wildman–Crippen MR) is 440 cm³/mol. The molecular weight excluding hydrogens is 1480 g/mol. The van der Waals surface area contributed by atoms with Crippen molar-refractivity contribution in [3.8, 4) is 22.3 Å². The van der Waals surface area contributed by atoms with Crippen molar-refractivity contribution in [1.82, 2.24) is 0 Å². The Labute approximate surface area is 685 Å². The van der Waals surface area contributed by atoms with Crippen LogP contribution in [0.5, 0.6) is 0 Å². The fourth-order valence-electron chi connectivity index (χ4n) is 16.5. The molecule has 4 fully saturated rings. The number of benzene rings is 8. The Morgan fingerprint density at radius 3 is 0.792 bits per heavy atom. The van der Waals surface area contributed by atoms with Gasteiger partial charge >= 0.3 is 349 Å². The van der Waals surface area contributed by atoms with Crippen molar-refractivity contribution in [3.63, 3.8) is 0 Å². The summed E-state index contributed by atoms with van der Waals surface area (Å²) in [4.78, 5) is 0. The Balaban J connectivity index is 0.000000156.